The molecule has 0 saturated heterocycles. The van der Waals surface area contributed by atoms with Crippen molar-refractivity contribution in [2.45, 2.75) is 30.6 Å². The van der Waals surface area contributed by atoms with Crippen LogP contribution in [0.25, 0.3) is 0 Å². The van der Waals surface area contributed by atoms with E-state index in [9.17, 15) is 4.79 Å². The molecule has 2 rings (SSSR count). The maximum Gasteiger partial charge on any atom is 0.252 e. The van der Waals surface area contributed by atoms with E-state index in [2.05, 4.69) is 27.5 Å². The van der Waals surface area contributed by atoms with E-state index in [0.717, 1.165) is 27.4 Å². The first kappa shape index (κ1) is 12.5. The number of thiophene rings is 1. The molecule has 1 amide bonds. The van der Waals surface area contributed by atoms with Gasteiger partial charge in [-0.1, -0.05) is 0 Å². The van der Waals surface area contributed by atoms with Crippen molar-refractivity contribution >= 4 is 44.9 Å². The number of thioether (sulfide) groups is 1. The molecule has 0 spiro atoms. The van der Waals surface area contributed by atoms with Gasteiger partial charge in [0.15, 0.2) is 0 Å². The van der Waals surface area contributed by atoms with Gasteiger partial charge in [-0.2, -0.15) is 11.8 Å². The normalized spacial score (nSPS) is 24.6. The van der Waals surface area contributed by atoms with E-state index in [-0.39, 0.29) is 5.91 Å². The van der Waals surface area contributed by atoms with Gasteiger partial charge in [0.05, 0.1) is 9.35 Å². The van der Waals surface area contributed by atoms with Crippen molar-refractivity contribution in [3.63, 3.8) is 0 Å². The van der Waals surface area contributed by atoms with E-state index in [1.54, 1.807) is 11.3 Å². The third-order valence-electron chi connectivity index (χ3n) is 2.88. The molecule has 1 aliphatic rings. The van der Waals surface area contributed by atoms with Crippen molar-refractivity contribution < 1.29 is 4.79 Å². The number of hydrogen-bond acceptors (Lipinski definition) is 3. The number of hydrogen-bond donors (Lipinski definition) is 1. The molecule has 1 aliphatic carbocycles. The van der Waals surface area contributed by atoms with Crippen LogP contribution in [0.4, 0.5) is 0 Å². The maximum absolute atomic E-state index is 11.9. The first-order valence-electron chi connectivity index (χ1n) is 5.26. The van der Waals surface area contributed by atoms with E-state index in [4.69, 9.17) is 0 Å². The van der Waals surface area contributed by atoms with Crippen LogP contribution < -0.4 is 5.32 Å². The predicted octanol–water partition coefficient (Wildman–Crippen LogP) is 3.52. The maximum atomic E-state index is 11.9. The molecule has 1 fully saturated rings. The van der Waals surface area contributed by atoms with Crippen molar-refractivity contribution in [1.82, 2.24) is 5.32 Å². The summed E-state index contributed by atoms with van der Waals surface area (Å²) >= 11 is 6.82. The zero-order valence-corrected chi connectivity index (χ0v) is 12.3. The van der Waals surface area contributed by atoms with Gasteiger partial charge in [-0.25, -0.2) is 0 Å². The molecule has 1 aromatic heterocycles. The van der Waals surface area contributed by atoms with Crippen LogP contribution >= 0.6 is 39.0 Å². The summed E-state index contributed by atoms with van der Waals surface area (Å²) in [5.41, 5.74) is 0.768. The molecular weight excluding hydrogens is 306 g/mol. The van der Waals surface area contributed by atoms with E-state index >= 15 is 0 Å². The number of halogens is 1. The lowest BCUT2D eigenvalue weighted by molar-refractivity contribution is 0.0938. The molecule has 0 radical (unpaired) electrons. The molecule has 1 aromatic rings. The molecule has 0 aliphatic heterocycles. The second-order valence-electron chi connectivity index (χ2n) is 3.98. The lowest BCUT2D eigenvalue weighted by Gasteiger charge is -2.11. The smallest absolute Gasteiger partial charge is 0.252 e. The highest BCUT2D eigenvalue weighted by atomic mass is 79.9. The summed E-state index contributed by atoms with van der Waals surface area (Å²) in [4.78, 5) is 11.9. The highest BCUT2D eigenvalue weighted by Crippen LogP contribution is 2.28. The average molecular weight is 320 g/mol. The lowest BCUT2D eigenvalue weighted by atomic mass is 10.2. The zero-order valence-electron chi connectivity index (χ0n) is 9.03. The number of rotatable bonds is 3. The highest BCUT2D eigenvalue weighted by molar-refractivity contribution is 9.11. The minimum Gasteiger partial charge on any atom is -0.349 e. The third-order valence-corrected chi connectivity index (χ3v) is 5.48. The van der Waals surface area contributed by atoms with Crippen LogP contribution in [0.2, 0.25) is 0 Å². The van der Waals surface area contributed by atoms with Gasteiger partial charge >= 0.3 is 0 Å². The number of carbonyl (C=O) groups is 1. The Bertz CT molecular complexity index is 380. The highest BCUT2D eigenvalue weighted by Gasteiger charge is 2.25. The SMILES string of the molecule is CSC1CCC(NC(=O)c2csc(Br)c2)C1. The molecule has 1 saturated carbocycles. The van der Waals surface area contributed by atoms with Crippen LogP contribution in [0, 0.1) is 0 Å². The molecular formula is C11H14BrNOS2. The van der Waals surface area contributed by atoms with E-state index < -0.39 is 0 Å². The molecule has 1 N–H and O–H groups in total. The summed E-state index contributed by atoms with van der Waals surface area (Å²) in [7, 11) is 0. The zero-order chi connectivity index (χ0) is 11.5. The van der Waals surface area contributed by atoms with Crippen molar-refractivity contribution in [2.24, 2.45) is 0 Å². The molecule has 5 heteroatoms. The Morgan fingerprint density at radius 2 is 2.44 bits per heavy atom. The minimum absolute atomic E-state index is 0.0636. The molecule has 2 atom stereocenters. The van der Waals surface area contributed by atoms with Crippen molar-refractivity contribution in [3.8, 4) is 0 Å². The van der Waals surface area contributed by atoms with Crippen molar-refractivity contribution in [3.05, 3.63) is 20.8 Å². The summed E-state index contributed by atoms with van der Waals surface area (Å²) in [6.07, 6.45) is 5.59. The Morgan fingerprint density at radius 3 is 3.00 bits per heavy atom. The summed E-state index contributed by atoms with van der Waals surface area (Å²) < 4.78 is 1.01. The van der Waals surface area contributed by atoms with Gasteiger partial charge in [-0.15, -0.1) is 11.3 Å². The Morgan fingerprint density at radius 1 is 1.62 bits per heavy atom. The van der Waals surface area contributed by atoms with Crippen molar-refractivity contribution in [2.75, 3.05) is 6.26 Å². The van der Waals surface area contributed by atoms with Crippen LogP contribution in [0.1, 0.15) is 29.6 Å². The second-order valence-corrected chi connectivity index (χ2v) is 7.41. The Labute approximate surface area is 112 Å². The van der Waals surface area contributed by atoms with Gasteiger partial charge in [0.25, 0.3) is 5.91 Å². The fraction of sp³-hybridized carbons (Fsp3) is 0.545. The molecule has 2 unspecified atom stereocenters. The summed E-state index contributed by atoms with van der Waals surface area (Å²) in [5, 5.41) is 5.72. The fourth-order valence-electron chi connectivity index (χ4n) is 1.98. The first-order chi connectivity index (χ1) is 7.69. The summed E-state index contributed by atoms with van der Waals surface area (Å²) in [6.45, 7) is 0. The van der Waals surface area contributed by atoms with Gasteiger partial charge in [-0.05, 0) is 47.5 Å². The fourth-order valence-corrected chi connectivity index (χ4v) is 3.92. The van der Waals surface area contributed by atoms with E-state index in [1.165, 1.54) is 6.42 Å². The topological polar surface area (TPSA) is 29.1 Å². The van der Waals surface area contributed by atoms with Crippen LogP contribution in [0.3, 0.4) is 0 Å². The lowest BCUT2D eigenvalue weighted by Crippen LogP contribution is -2.32. The average Bonchev–Trinajstić information content (AvgIpc) is 2.87. The predicted molar refractivity (Wildman–Crippen MR) is 74.4 cm³/mol. The Balaban J connectivity index is 1.89. The Kier molecular flexibility index (Phi) is 4.33. The van der Waals surface area contributed by atoms with Crippen LogP contribution in [0.15, 0.2) is 15.2 Å². The van der Waals surface area contributed by atoms with Gasteiger partial charge in [0.1, 0.15) is 0 Å². The standard InChI is InChI=1S/C11H14BrNOS2/c1-15-9-3-2-8(5-9)13-11(14)7-4-10(12)16-6-7/h4,6,8-9H,2-3,5H2,1H3,(H,13,14). The first-order valence-corrected chi connectivity index (χ1v) is 8.23. The van der Waals surface area contributed by atoms with Crippen LogP contribution in [0.5, 0.6) is 0 Å². The number of nitrogens with one attached hydrogen (secondary N) is 1. The second kappa shape index (κ2) is 5.56. The molecule has 16 heavy (non-hydrogen) atoms. The third kappa shape index (κ3) is 3.02. The van der Waals surface area contributed by atoms with E-state index in [1.807, 2.05) is 23.2 Å². The summed E-state index contributed by atoms with van der Waals surface area (Å²) in [6, 6.07) is 2.24. The van der Waals surface area contributed by atoms with Gasteiger partial charge in [-0.3, -0.25) is 4.79 Å². The van der Waals surface area contributed by atoms with Gasteiger partial charge < -0.3 is 5.32 Å². The van der Waals surface area contributed by atoms with Gasteiger partial charge in [0, 0.05) is 16.7 Å². The number of amides is 1. The minimum atomic E-state index is 0.0636. The monoisotopic (exact) mass is 319 g/mol. The number of carbonyl (C=O) groups excluding carboxylic acids is 1. The summed E-state index contributed by atoms with van der Waals surface area (Å²) in [5.74, 6) is 0.0636. The Hall–Kier alpha value is -0.000000000000000111. The van der Waals surface area contributed by atoms with Gasteiger partial charge in [0.2, 0.25) is 0 Å². The molecule has 0 aromatic carbocycles. The largest absolute Gasteiger partial charge is 0.349 e. The molecule has 2 nitrogen and oxygen atoms in total. The molecule has 88 valence electrons. The van der Waals surface area contributed by atoms with Crippen LogP contribution in [-0.4, -0.2) is 23.5 Å². The van der Waals surface area contributed by atoms with E-state index in [0.29, 0.717) is 6.04 Å². The van der Waals surface area contributed by atoms with Crippen LogP contribution in [-0.2, 0) is 0 Å². The molecule has 0 bridgehead atoms. The molecule has 1 heterocycles. The quantitative estimate of drug-likeness (QED) is 0.923. The van der Waals surface area contributed by atoms with Crippen molar-refractivity contribution in [1.29, 1.82) is 0 Å².